The quantitative estimate of drug-likeness (QED) is 0.0296. The Balaban J connectivity index is 0.000000197. The summed E-state index contributed by atoms with van der Waals surface area (Å²) in [4.78, 5) is 13.7. The van der Waals surface area contributed by atoms with Crippen molar-refractivity contribution in [1.82, 2.24) is 0 Å². The van der Waals surface area contributed by atoms with Crippen LogP contribution in [0.4, 0.5) is 87.8 Å². The van der Waals surface area contributed by atoms with Gasteiger partial charge in [0, 0.05) is 17.7 Å². The largest absolute Gasteiger partial charge is 0.287 e. The molecule has 386 valence electrons. The van der Waals surface area contributed by atoms with Gasteiger partial charge in [0.15, 0.2) is 82.2 Å². The SMILES string of the molecule is Fc1c(F)c(F)c([B-](c2c(F)c(F)c(F)c(F)c2F)(c2c(F)c(F)c(F)c(F)c2F)c2c(F)c(F)c(F)c(F)c2F)c(F)c1F.O=C(C[n+]1ccccc1)c1c2cc3ccccc3cc2cc2cc3ccccc3cc12. The van der Waals surface area contributed by atoms with Gasteiger partial charge in [0.25, 0.3) is 0 Å². The number of aromatic nitrogens is 1. The average Bonchev–Trinajstić information content (AvgIpc) is 3.42. The summed E-state index contributed by atoms with van der Waals surface area (Å²) in [5.41, 5.74) is -13.5. The zero-order valence-corrected chi connectivity index (χ0v) is 37.1. The molecule has 0 radical (unpaired) electrons. The third-order valence-electron chi connectivity index (χ3n) is 12.8. The molecule has 1 aromatic heterocycles. The molecule has 0 aliphatic rings. The standard InChI is InChI=1S/C29H20NO.C24BF20/c31-28(19-30-12-6-1-7-13-30)29-26-17-22-10-4-2-8-20(22)14-24(26)16-25-15-21-9-3-5-11-23(21)18-27(25)29;26-5-1(6(27)14(35)21(42)13(5)34)25(2-7(28)15(36)22(43)16(37)8(2)29,3-9(30)17(38)23(44)18(39)10(3)31)4-11(32)19(40)24(45)20(41)12(4)33/h1-18H,19H2;/q+1;-1. The number of nitrogens with zero attached hydrogens (tertiary/aromatic N) is 1. The molecular weight excluding hydrogens is 1060 g/mol. The summed E-state index contributed by atoms with van der Waals surface area (Å²) in [6.07, 6.45) is -3.34. The van der Waals surface area contributed by atoms with Crippen LogP contribution in [0.25, 0.3) is 43.1 Å². The third-order valence-corrected chi connectivity index (χ3v) is 12.8. The van der Waals surface area contributed by atoms with Crippen molar-refractivity contribution in [2.24, 2.45) is 0 Å². The maximum absolute atomic E-state index is 15.4. The van der Waals surface area contributed by atoms with Crippen LogP contribution in [0.3, 0.4) is 0 Å². The third kappa shape index (κ3) is 7.92. The first-order valence-electron chi connectivity index (χ1n) is 21.4. The number of hydrogen-bond acceptors (Lipinski definition) is 1. The summed E-state index contributed by atoms with van der Waals surface area (Å²) in [6, 6.07) is 33.5. The van der Waals surface area contributed by atoms with E-state index in [0.717, 1.165) is 37.9 Å². The molecule has 0 saturated carbocycles. The van der Waals surface area contributed by atoms with Gasteiger partial charge in [0.05, 0.1) is 0 Å². The number of carbonyl (C=O) groups is 1. The number of halogens is 20. The minimum Gasteiger partial charge on any atom is -0.287 e. The molecule has 0 spiro atoms. The summed E-state index contributed by atoms with van der Waals surface area (Å²) in [5, 5.41) is 8.90. The van der Waals surface area contributed by atoms with Crippen LogP contribution in [0.15, 0.2) is 109 Å². The first kappa shape index (κ1) is 52.4. The molecule has 1 heterocycles. The number of fused-ring (bicyclic) bond motifs is 4. The molecule has 0 atom stereocenters. The Labute approximate surface area is 411 Å². The van der Waals surface area contributed by atoms with Gasteiger partial charge >= 0.3 is 0 Å². The molecular formula is C53H20BF20NO. The van der Waals surface area contributed by atoms with Crippen molar-refractivity contribution in [1.29, 1.82) is 0 Å². The van der Waals surface area contributed by atoms with E-state index in [1.54, 1.807) is 0 Å². The van der Waals surface area contributed by atoms with Gasteiger partial charge in [-0.25, -0.2) is 87.8 Å². The van der Waals surface area contributed by atoms with Crippen LogP contribution in [-0.2, 0) is 6.54 Å². The van der Waals surface area contributed by atoms with Crippen molar-refractivity contribution in [3.63, 3.8) is 0 Å². The van der Waals surface area contributed by atoms with E-state index in [9.17, 15) is 57.5 Å². The lowest BCUT2D eigenvalue weighted by Crippen LogP contribution is -2.81. The van der Waals surface area contributed by atoms with E-state index in [4.69, 9.17) is 0 Å². The van der Waals surface area contributed by atoms with Crippen LogP contribution in [0.5, 0.6) is 0 Å². The van der Waals surface area contributed by atoms with Crippen LogP contribution in [-0.4, -0.2) is 11.9 Å². The van der Waals surface area contributed by atoms with E-state index < -0.39 is 144 Å². The van der Waals surface area contributed by atoms with Crippen molar-refractivity contribution in [2.75, 3.05) is 0 Å². The van der Waals surface area contributed by atoms with E-state index in [2.05, 4.69) is 66.7 Å². The van der Waals surface area contributed by atoms with Crippen LogP contribution in [0.2, 0.25) is 0 Å². The number of rotatable bonds is 7. The van der Waals surface area contributed by atoms with Crippen molar-refractivity contribution >= 4 is 76.9 Å². The highest BCUT2D eigenvalue weighted by Gasteiger charge is 2.52. The summed E-state index contributed by atoms with van der Waals surface area (Å²) in [5.74, 6) is -71.3. The Morgan fingerprint density at radius 2 is 0.539 bits per heavy atom. The molecule has 0 aliphatic carbocycles. The summed E-state index contributed by atoms with van der Waals surface area (Å²) >= 11 is 0. The van der Waals surface area contributed by atoms with Gasteiger partial charge in [0.2, 0.25) is 12.3 Å². The number of benzene rings is 9. The summed E-state index contributed by atoms with van der Waals surface area (Å²) < 4.78 is 296. The normalized spacial score (nSPS) is 11.8. The number of carbonyl (C=O) groups excluding carboxylic acids is 1. The highest BCUT2D eigenvalue weighted by molar-refractivity contribution is 7.20. The van der Waals surface area contributed by atoms with E-state index in [-0.39, 0.29) is 5.78 Å². The van der Waals surface area contributed by atoms with Gasteiger partial charge in [-0.2, -0.15) is 4.57 Å². The Hall–Kier alpha value is -8.50. The molecule has 10 aromatic rings. The lowest BCUT2D eigenvalue weighted by molar-refractivity contribution is -0.683. The van der Waals surface area contributed by atoms with Gasteiger partial charge in [-0.1, -0.05) is 54.6 Å². The zero-order chi connectivity index (χ0) is 55.1. The van der Waals surface area contributed by atoms with E-state index in [1.165, 1.54) is 10.8 Å². The second-order valence-corrected chi connectivity index (χ2v) is 16.9. The minimum absolute atomic E-state index is 0.123. The fourth-order valence-corrected chi connectivity index (χ4v) is 9.46. The van der Waals surface area contributed by atoms with E-state index >= 15 is 35.1 Å². The molecule has 23 heteroatoms. The number of Topliss-reactive ketones (excluding diaryl/α,β-unsaturated/α-hetero) is 1. The van der Waals surface area contributed by atoms with Gasteiger partial charge in [-0.3, -0.25) is 4.79 Å². The van der Waals surface area contributed by atoms with Gasteiger partial charge < -0.3 is 0 Å². The fraction of sp³-hybridized carbons (Fsp3) is 0.0189. The molecule has 76 heavy (non-hydrogen) atoms. The van der Waals surface area contributed by atoms with Gasteiger partial charge in [-0.15, -0.1) is 21.9 Å². The predicted octanol–water partition coefficient (Wildman–Crippen LogP) is 12.3. The molecule has 0 N–H and O–H groups in total. The molecule has 10 rings (SSSR count). The monoisotopic (exact) mass is 1080 g/mol. The second-order valence-electron chi connectivity index (χ2n) is 16.9. The molecule has 0 amide bonds. The first-order valence-corrected chi connectivity index (χ1v) is 21.4. The first-order chi connectivity index (χ1) is 36.0. The van der Waals surface area contributed by atoms with Crippen molar-refractivity contribution in [3.05, 3.63) is 231 Å². The van der Waals surface area contributed by atoms with E-state index in [1.807, 2.05) is 47.3 Å². The second kappa shape index (κ2) is 19.3. The van der Waals surface area contributed by atoms with Crippen molar-refractivity contribution < 1.29 is 97.2 Å². The smallest absolute Gasteiger partial charge is 0.228 e. The molecule has 0 fully saturated rings. The maximum atomic E-state index is 15.4. The van der Waals surface area contributed by atoms with Crippen LogP contribution >= 0.6 is 0 Å². The summed E-state index contributed by atoms with van der Waals surface area (Å²) in [7, 11) is 0. The number of ketones is 1. The van der Waals surface area contributed by atoms with Crippen molar-refractivity contribution in [2.45, 2.75) is 6.54 Å². The Kier molecular flexibility index (Phi) is 13.3. The highest BCUT2D eigenvalue weighted by Crippen LogP contribution is 2.36. The van der Waals surface area contributed by atoms with Crippen LogP contribution in [0, 0.1) is 116 Å². The maximum Gasteiger partial charge on any atom is 0.228 e. The van der Waals surface area contributed by atoms with Gasteiger partial charge in [-0.05, 0) is 73.4 Å². The van der Waals surface area contributed by atoms with E-state index in [0.29, 0.717) is 6.54 Å². The van der Waals surface area contributed by atoms with Gasteiger partial charge in [0.1, 0.15) is 52.7 Å². The Bertz CT molecular complexity index is 3640. The number of pyridine rings is 1. The molecule has 9 aromatic carbocycles. The Morgan fingerprint density at radius 1 is 0.303 bits per heavy atom. The minimum atomic E-state index is -7.22. The Morgan fingerprint density at radius 3 is 0.816 bits per heavy atom. The fourth-order valence-electron chi connectivity index (χ4n) is 9.46. The average molecular weight is 1080 g/mol. The topological polar surface area (TPSA) is 20.9 Å². The molecule has 0 bridgehead atoms. The molecule has 0 aliphatic heterocycles. The summed E-state index contributed by atoms with van der Waals surface area (Å²) in [6.45, 7) is 0.314. The lowest BCUT2D eigenvalue weighted by atomic mass is 9.12. The van der Waals surface area contributed by atoms with Crippen LogP contribution in [0.1, 0.15) is 10.4 Å². The lowest BCUT2D eigenvalue weighted by Gasteiger charge is -2.44. The molecule has 2 nitrogen and oxygen atoms in total. The molecule has 0 saturated heterocycles. The predicted molar refractivity (Wildman–Crippen MR) is 237 cm³/mol. The zero-order valence-electron chi connectivity index (χ0n) is 37.1. The van der Waals surface area contributed by atoms with Crippen LogP contribution < -0.4 is 26.4 Å². The highest BCUT2D eigenvalue weighted by atomic mass is 19.2. The van der Waals surface area contributed by atoms with Crippen molar-refractivity contribution in [3.8, 4) is 0 Å². The number of hydrogen-bond donors (Lipinski definition) is 0. The molecule has 0 unspecified atom stereocenters.